The fraction of sp³-hybridized carbons (Fsp3) is 0.889. The molecule has 1 heterocycles. The molecule has 0 spiro atoms. The standard InChI is InChI=1S/C9H19N3O3S/c1-11(2)16(10,14)12-6-4-8(5-7-12)9(13)15-3/h8,10H,4-7H2,1-3H3. The molecule has 0 amide bonds. The van der Waals surface area contributed by atoms with Gasteiger partial charge in [-0.2, -0.15) is 0 Å². The van der Waals surface area contributed by atoms with Crippen molar-refractivity contribution >= 4 is 16.1 Å². The van der Waals surface area contributed by atoms with E-state index in [-0.39, 0.29) is 11.9 Å². The third-order valence-corrected chi connectivity index (χ3v) is 4.89. The Hall–Kier alpha value is -0.660. The van der Waals surface area contributed by atoms with Gasteiger partial charge in [-0.15, -0.1) is 0 Å². The van der Waals surface area contributed by atoms with Gasteiger partial charge in [-0.05, 0) is 12.8 Å². The smallest absolute Gasteiger partial charge is 0.308 e. The highest BCUT2D eigenvalue weighted by atomic mass is 32.2. The largest absolute Gasteiger partial charge is 0.469 e. The summed E-state index contributed by atoms with van der Waals surface area (Å²) in [6.07, 6.45) is 1.22. The van der Waals surface area contributed by atoms with E-state index in [1.807, 2.05) is 0 Å². The average Bonchev–Trinajstić information content (AvgIpc) is 2.28. The Kier molecular flexibility index (Phi) is 4.28. The number of piperidine rings is 1. The third-order valence-electron chi connectivity index (χ3n) is 2.83. The molecule has 1 aliphatic heterocycles. The van der Waals surface area contributed by atoms with Gasteiger partial charge < -0.3 is 4.74 Å². The number of esters is 1. The summed E-state index contributed by atoms with van der Waals surface area (Å²) in [5.41, 5.74) is 0. The number of nitrogens with one attached hydrogen (secondary N) is 1. The third kappa shape index (κ3) is 2.72. The van der Waals surface area contributed by atoms with Gasteiger partial charge in [-0.25, -0.2) is 17.6 Å². The number of methoxy groups -OCH3 is 1. The van der Waals surface area contributed by atoms with Crippen molar-refractivity contribution in [1.82, 2.24) is 8.61 Å². The van der Waals surface area contributed by atoms with E-state index in [1.165, 1.54) is 11.4 Å². The van der Waals surface area contributed by atoms with Gasteiger partial charge in [0.25, 0.3) is 0 Å². The molecule has 7 heteroatoms. The Morgan fingerprint density at radius 1 is 1.44 bits per heavy atom. The lowest BCUT2D eigenvalue weighted by Gasteiger charge is -2.33. The summed E-state index contributed by atoms with van der Waals surface area (Å²) in [7, 11) is 1.79. The highest BCUT2D eigenvalue weighted by Crippen LogP contribution is 2.21. The van der Waals surface area contributed by atoms with Gasteiger partial charge in [-0.3, -0.25) is 4.79 Å². The molecule has 1 aliphatic rings. The van der Waals surface area contributed by atoms with Gasteiger partial charge in [0, 0.05) is 27.2 Å². The summed E-state index contributed by atoms with van der Waals surface area (Å²) in [6.45, 7) is 1.00. The Labute approximate surface area is 96.8 Å². The van der Waals surface area contributed by atoms with Crippen LogP contribution >= 0.6 is 0 Å². The molecule has 1 saturated heterocycles. The molecule has 94 valence electrons. The van der Waals surface area contributed by atoms with Crippen molar-refractivity contribution in [3.8, 4) is 0 Å². The van der Waals surface area contributed by atoms with Crippen LogP contribution < -0.4 is 0 Å². The van der Waals surface area contributed by atoms with Crippen LogP contribution in [-0.2, 0) is 19.6 Å². The minimum atomic E-state index is -2.84. The van der Waals surface area contributed by atoms with Crippen LogP contribution in [0.2, 0.25) is 0 Å². The van der Waals surface area contributed by atoms with E-state index in [0.29, 0.717) is 25.9 Å². The maximum atomic E-state index is 12.0. The van der Waals surface area contributed by atoms with Crippen LogP contribution in [0.3, 0.4) is 0 Å². The zero-order chi connectivity index (χ0) is 12.3. The first-order chi connectivity index (χ1) is 7.39. The fourth-order valence-electron chi connectivity index (χ4n) is 1.74. The zero-order valence-electron chi connectivity index (χ0n) is 9.93. The molecule has 0 aliphatic carbocycles. The van der Waals surface area contributed by atoms with Gasteiger partial charge in [0.2, 0.25) is 0 Å². The van der Waals surface area contributed by atoms with E-state index in [0.717, 1.165) is 0 Å². The molecule has 16 heavy (non-hydrogen) atoms. The fourth-order valence-corrected chi connectivity index (χ4v) is 2.90. The molecular formula is C9H19N3O3S. The predicted octanol–water partition coefficient (Wildman–Crippen LogP) is 0.310. The molecule has 1 atom stereocenters. The highest BCUT2D eigenvalue weighted by molar-refractivity contribution is 7.87. The summed E-state index contributed by atoms with van der Waals surface area (Å²) in [4.78, 5) is 11.3. The van der Waals surface area contributed by atoms with Crippen LogP contribution in [0.25, 0.3) is 0 Å². The first-order valence-corrected chi connectivity index (χ1v) is 6.66. The van der Waals surface area contributed by atoms with E-state index in [1.54, 1.807) is 18.4 Å². The van der Waals surface area contributed by atoms with Gasteiger partial charge in [-0.1, -0.05) is 0 Å². The lowest BCUT2D eigenvalue weighted by molar-refractivity contribution is -0.146. The maximum absolute atomic E-state index is 12.0. The molecule has 0 bridgehead atoms. The lowest BCUT2D eigenvalue weighted by Crippen LogP contribution is -2.44. The Morgan fingerprint density at radius 3 is 2.31 bits per heavy atom. The lowest BCUT2D eigenvalue weighted by atomic mass is 9.99. The molecule has 1 N–H and O–H groups in total. The van der Waals surface area contributed by atoms with Gasteiger partial charge in [0.1, 0.15) is 0 Å². The van der Waals surface area contributed by atoms with Crippen molar-refractivity contribution in [2.45, 2.75) is 12.8 Å². The SMILES string of the molecule is COC(=O)C1CCN(S(=N)(=O)N(C)C)CC1. The van der Waals surface area contributed by atoms with E-state index in [4.69, 9.17) is 4.78 Å². The van der Waals surface area contributed by atoms with Crippen LogP contribution in [0.15, 0.2) is 0 Å². The Morgan fingerprint density at radius 2 is 1.94 bits per heavy atom. The number of hydrogen-bond donors (Lipinski definition) is 1. The van der Waals surface area contributed by atoms with Crippen LogP contribution in [0, 0.1) is 10.7 Å². The van der Waals surface area contributed by atoms with Crippen molar-refractivity contribution in [3.05, 3.63) is 0 Å². The van der Waals surface area contributed by atoms with Crippen LogP contribution in [-0.4, -0.2) is 53.1 Å². The molecule has 1 unspecified atom stereocenters. The monoisotopic (exact) mass is 249 g/mol. The molecule has 0 saturated carbocycles. The molecule has 0 aromatic rings. The minimum absolute atomic E-state index is 0.112. The maximum Gasteiger partial charge on any atom is 0.308 e. The van der Waals surface area contributed by atoms with Crippen molar-refractivity contribution in [2.75, 3.05) is 34.3 Å². The van der Waals surface area contributed by atoms with Crippen molar-refractivity contribution in [1.29, 1.82) is 4.78 Å². The van der Waals surface area contributed by atoms with E-state index in [2.05, 4.69) is 4.74 Å². The number of nitrogens with zero attached hydrogens (tertiary/aromatic N) is 2. The van der Waals surface area contributed by atoms with Crippen molar-refractivity contribution in [2.24, 2.45) is 5.92 Å². The molecule has 1 rings (SSSR count). The summed E-state index contributed by atoms with van der Waals surface area (Å²) < 4.78 is 27.4. The van der Waals surface area contributed by atoms with Crippen molar-refractivity contribution in [3.63, 3.8) is 0 Å². The Bertz CT molecular complexity index is 345. The number of hydrogen-bond acceptors (Lipinski definition) is 4. The molecule has 0 aromatic carbocycles. The second-order valence-electron chi connectivity index (χ2n) is 4.04. The topological polar surface area (TPSA) is 73.7 Å². The van der Waals surface area contributed by atoms with Crippen LogP contribution in [0.4, 0.5) is 0 Å². The van der Waals surface area contributed by atoms with Gasteiger partial charge >= 0.3 is 5.97 Å². The zero-order valence-corrected chi connectivity index (χ0v) is 10.7. The average molecular weight is 249 g/mol. The summed E-state index contributed by atoms with van der Waals surface area (Å²) >= 11 is 0. The molecule has 6 nitrogen and oxygen atoms in total. The van der Waals surface area contributed by atoms with Crippen molar-refractivity contribution < 1.29 is 13.7 Å². The second kappa shape index (κ2) is 5.11. The number of rotatable bonds is 3. The van der Waals surface area contributed by atoms with E-state index < -0.39 is 10.1 Å². The normalized spacial score (nSPS) is 23.0. The van der Waals surface area contributed by atoms with Gasteiger partial charge in [0.15, 0.2) is 10.1 Å². The molecule has 1 fully saturated rings. The van der Waals surface area contributed by atoms with E-state index >= 15 is 0 Å². The first kappa shape index (κ1) is 13.4. The Balaban J connectivity index is 2.59. The molecular weight excluding hydrogens is 230 g/mol. The quantitative estimate of drug-likeness (QED) is 0.732. The minimum Gasteiger partial charge on any atom is -0.469 e. The predicted molar refractivity (Wildman–Crippen MR) is 60.9 cm³/mol. The van der Waals surface area contributed by atoms with Crippen LogP contribution in [0.1, 0.15) is 12.8 Å². The molecule has 0 radical (unpaired) electrons. The number of carbonyl (C=O) groups is 1. The molecule has 0 aromatic heterocycles. The number of carbonyl (C=O) groups excluding carboxylic acids is 1. The van der Waals surface area contributed by atoms with Gasteiger partial charge in [0.05, 0.1) is 13.0 Å². The first-order valence-electron chi connectivity index (χ1n) is 5.18. The number of ether oxygens (including phenoxy) is 1. The summed E-state index contributed by atoms with van der Waals surface area (Å²) in [5.74, 6) is -0.320. The summed E-state index contributed by atoms with van der Waals surface area (Å²) in [6, 6.07) is 0. The van der Waals surface area contributed by atoms with Crippen LogP contribution in [0.5, 0.6) is 0 Å². The second-order valence-corrected chi connectivity index (χ2v) is 6.28. The summed E-state index contributed by atoms with van der Waals surface area (Å²) in [5, 5.41) is 0. The highest BCUT2D eigenvalue weighted by Gasteiger charge is 2.30. The van der Waals surface area contributed by atoms with E-state index in [9.17, 15) is 9.00 Å².